The molecule has 3 aromatic rings. The summed E-state index contributed by atoms with van der Waals surface area (Å²) in [7, 11) is -3.58. The van der Waals surface area contributed by atoms with Crippen molar-refractivity contribution in [3.05, 3.63) is 71.6 Å². The van der Waals surface area contributed by atoms with Crippen LogP contribution in [0.25, 0.3) is 0 Å². The lowest BCUT2D eigenvalue weighted by atomic mass is 9.87. The summed E-state index contributed by atoms with van der Waals surface area (Å²) in [6.07, 6.45) is 0.936. The number of hydrogen-bond donors (Lipinski definition) is 0. The van der Waals surface area contributed by atoms with Crippen molar-refractivity contribution < 1.29 is 22.7 Å². The molecular weight excluding hydrogens is 558 g/mol. The molecule has 8 nitrogen and oxygen atoms in total. The fraction of sp³-hybridized carbons (Fsp3) is 0.419. The summed E-state index contributed by atoms with van der Waals surface area (Å²) in [6.45, 7) is 8.35. The van der Waals surface area contributed by atoms with Crippen molar-refractivity contribution in [2.45, 2.75) is 43.9 Å². The number of hydrogen-bond acceptors (Lipinski definition) is 6. The molecule has 1 saturated carbocycles. The number of carbonyl (C=O) groups excluding carboxylic acids is 2. The van der Waals surface area contributed by atoms with Crippen molar-refractivity contribution in [2.75, 3.05) is 36.0 Å². The number of sulfonamides is 1. The maximum absolute atomic E-state index is 13.4. The SMILES string of the molecule is CC(C)(C)c1ccc(S(=O)(=O)N2CC3C(CN(C(=O)Oc4cccs4)c4ccc(N5CCCC5=O)cc4)C3C2)cc1. The van der Waals surface area contributed by atoms with Gasteiger partial charge in [0.15, 0.2) is 5.06 Å². The molecule has 2 atom stereocenters. The lowest BCUT2D eigenvalue weighted by Crippen LogP contribution is -2.38. The van der Waals surface area contributed by atoms with Gasteiger partial charge in [0.1, 0.15) is 0 Å². The highest BCUT2D eigenvalue weighted by Gasteiger charge is 2.58. The van der Waals surface area contributed by atoms with Gasteiger partial charge in [0, 0.05) is 44.0 Å². The van der Waals surface area contributed by atoms with Crippen LogP contribution in [0.5, 0.6) is 5.06 Å². The lowest BCUT2D eigenvalue weighted by molar-refractivity contribution is -0.117. The molecule has 3 fully saturated rings. The molecule has 3 aliphatic rings. The van der Waals surface area contributed by atoms with Gasteiger partial charge in [-0.3, -0.25) is 9.69 Å². The highest BCUT2D eigenvalue weighted by molar-refractivity contribution is 7.89. The topological polar surface area (TPSA) is 87.2 Å². The van der Waals surface area contributed by atoms with Crippen LogP contribution in [0.4, 0.5) is 16.2 Å². The first-order valence-corrected chi connectivity index (χ1v) is 16.4. The number of carbonyl (C=O) groups is 2. The van der Waals surface area contributed by atoms with Gasteiger partial charge < -0.3 is 9.64 Å². The molecule has 2 aromatic carbocycles. The van der Waals surface area contributed by atoms with E-state index in [0.717, 1.165) is 17.7 Å². The summed E-state index contributed by atoms with van der Waals surface area (Å²) in [6, 6.07) is 18.2. The Labute approximate surface area is 245 Å². The van der Waals surface area contributed by atoms with Gasteiger partial charge in [-0.15, -0.1) is 11.3 Å². The molecule has 2 aliphatic heterocycles. The zero-order valence-electron chi connectivity index (χ0n) is 23.5. The van der Waals surface area contributed by atoms with Crippen molar-refractivity contribution in [3.8, 4) is 5.06 Å². The second-order valence-corrected chi connectivity index (χ2v) is 15.0. The van der Waals surface area contributed by atoms with Gasteiger partial charge >= 0.3 is 6.09 Å². The Morgan fingerprint density at radius 2 is 1.71 bits per heavy atom. The number of thiophene rings is 1. The first-order valence-electron chi connectivity index (χ1n) is 14.1. The zero-order chi connectivity index (χ0) is 28.9. The van der Waals surface area contributed by atoms with Crippen LogP contribution in [-0.4, -0.2) is 50.9 Å². The first kappa shape index (κ1) is 27.9. The first-order chi connectivity index (χ1) is 19.5. The molecule has 41 heavy (non-hydrogen) atoms. The molecule has 216 valence electrons. The number of rotatable bonds is 7. The van der Waals surface area contributed by atoms with Crippen molar-refractivity contribution in [1.82, 2.24) is 4.31 Å². The van der Waals surface area contributed by atoms with Gasteiger partial charge in [-0.2, -0.15) is 4.31 Å². The Morgan fingerprint density at radius 1 is 1.02 bits per heavy atom. The fourth-order valence-electron chi connectivity index (χ4n) is 6.05. The molecule has 2 unspecified atom stereocenters. The maximum Gasteiger partial charge on any atom is 0.420 e. The van der Waals surface area contributed by atoms with Gasteiger partial charge in [0.2, 0.25) is 15.9 Å². The van der Waals surface area contributed by atoms with E-state index in [2.05, 4.69) is 20.8 Å². The van der Waals surface area contributed by atoms with Crippen molar-refractivity contribution in [1.29, 1.82) is 0 Å². The monoisotopic (exact) mass is 593 g/mol. The summed E-state index contributed by atoms with van der Waals surface area (Å²) in [5, 5.41) is 2.37. The predicted octanol–water partition coefficient (Wildman–Crippen LogP) is 5.74. The van der Waals surface area contributed by atoms with Gasteiger partial charge in [0.25, 0.3) is 0 Å². The zero-order valence-corrected chi connectivity index (χ0v) is 25.2. The number of benzene rings is 2. The highest BCUT2D eigenvalue weighted by atomic mass is 32.2. The van der Waals surface area contributed by atoms with Crippen LogP contribution < -0.4 is 14.5 Å². The second kappa shape index (κ2) is 10.6. The Hall–Kier alpha value is -3.21. The summed E-state index contributed by atoms with van der Waals surface area (Å²) < 4.78 is 34.0. The minimum atomic E-state index is -3.58. The van der Waals surface area contributed by atoms with Crippen LogP contribution in [-0.2, 0) is 20.2 Å². The quantitative estimate of drug-likeness (QED) is 0.349. The molecule has 1 aliphatic carbocycles. The molecule has 2 saturated heterocycles. The van der Waals surface area contributed by atoms with Crippen molar-refractivity contribution in [2.24, 2.45) is 17.8 Å². The molecule has 0 spiro atoms. The van der Waals surface area contributed by atoms with Crippen molar-refractivity contribution >= 4 is 44.7 Å². The molecule has 2 amide bonds. The average molecular weight is 594 g/mol. The normalized spacial score (nSPS) is 22.6. The van der Waals surface area contributed by atoms with Crippen LogP contribution in [0.3, 0.4) is 0 Å². The number of ether oxygens (including phenoxy) is 1. The molecule has 10 heteroatoms. The van der Waals surface area contributed by atoms with E-state index in [1.165, 1.54) is 11.3 Å². The van der Waals surface area contributed by atoms with E-state index in [1.54, 1.807) is 32.3 Å². The van der Waals surface area contributed by atoms with Crippen LogP contribution in [0.1, 0.15) is 39.2 Å². The standard InChI is InChI=1S/C31H35N3O5S2/c1-31(2,3)21-8-14-24(15-9-21)41(37,38)32-18-25-26(19-32)27(25)20-34(30(36)39-29-7-5-17-40-29)23-12-10-22(11-13-23)33-16-4-6-28(33)35/h5,7-15,17,25-27H,4,6,16,18-20H2,1-3H3. The maximum atomic E-state index is 13.4. The predicted molar refractivity (Wildman–Crippen MR) is 160 cm³/mol. The molecule has 6 rings (SSSR count). The number of anilines is 2. The molecule has 0 N–H and O–H groups in total. The van der Waals surface area contributed by atoms with Crippen molar-refractivity contribution in [3.63, 3.8) is 0 Å². The molecule has 1 aromatic heterocycles. The third-order valence-corrected chi connectivity index (χ3v) is 11.1. The molecule has 0 bridgehead atoms. The summed E-state index contributed by atoms with van der Waals surface area (Å²) in [4.78, 5) is 29.3. The Morgan fingerprint density at radius 3 is 2.27 bits per heavy atom. The van der Waals surface area contributed by atoms with E-state index in [4.69, 9.17) is 4.74 Å². The van der Waals surface area contributed by atoms with Crippen LogP contribution >= 0.6 is 11.3 Å². The summed E-state index contributed by atoms with van der Waals surface area (Å²) >= 11 is 1.35. The number of fused-ring (bicyclic) bond motifs is 1. The van der Waals surface area contributed by atoms with E-state index in [1.807, 2.05) is 47.8 Å². The van der Waals surface area contributed by atoms with E-state index >= 15 is 0 Å². The van der Waals surface area contributed by atoms with Gasteiger partial charge in [-0.1, -0.05) is 32.9 Å². The van der Waals surface area contributed by atoms with Gasteiger partial charge in [0.05, 0.1) is 4.90 Å². The van der Waals surface area contributed by atoms with Gasteiger partial charge in [-0.25, -0.2) is 13.2 Å². The van der Waals surface area contributed by atoms with Crippen LogP contribution in [0.15, 0.2) is 70.9 Å². The third-order valence-electron chi connectivity index (χ3n) is 8.54. The van der Waals surface area contributed by atoms with Gasteiger partial charge in [-0.05, 0) is 89.1 Å². The van der Waals surface area contributed by atoms with E-state index in [-0.39, 0.29) is 29.1 Å². The smallest absolute Gasteiger partial charge is 0.399 e. The third kappa shape index (κ3) is 5.52. The minimum Gasteiger partial charge on any atom is -0.399 e. The average Bonchev–Trinajstić information content (AvgIpc) is 3.45. The second-order valence-electron chi connectivity index (χ2n) is 12.2. The van der Waals surface area contributed by atoms with E-state index < -0.39 is 16.1 Å². The Bertz CT molecular complexity index is 1520. The number of amides is 2. The molecule has 0 radical (unpaired) electrons. The highest BCUT2D eigenvalue weighted by Crippen LogP contribution is 2.53. The summed E-state index contributed by atoms with van der Waals surface area (Å²) in [5.41, 5.74) is 2.56. The Kier molecular flexibility index (Phi) is 7.20. The largest absolute Gasteiger partial charge is 0.420 e. The summed E-state index contributed by atoms with van der Waals surface area (Å²) in [5.74, 6) is 0.678. The van der Waals surface area contributed by atoms with Crippen LogP contribution in [0.2, 0.25) is 0 Å². The van der Waals surface area contributed by atoms with E-state index in [0.29, 0.717) is 48.2 Å². The number of nitrogens with zero attached hydrogens (tertiary/aromatic N) is 3. The fourth-order valence-corrected chi connectivity index (χ4v) is 8.13. The molecule has 3 heterocycles. The van der Waals surface area contributed by atoms with E-state index in [9.17, 15) is 18.0 Å². The number of piperidine rings is 1. The lowest BCUT2D eigenvalue weighted by Gasteiger charge is -2.25. The van der Waals surface area contributed by atoms with Crippen LogP contribution in [0, 0.1) is 17.8 Å². The Balaban J connectivity index is 1.15. The molecular formula is C31H35N3O5S2. The minimum absolute atomic E-state index is 0.0484.